The number of hydrogen-bond donors (Lipinski definition) is 3. The van der Waals surface area contributed by atoms with Gasteiger partial charge >= 0.3 is 6.18 Å². The minimum atomic E-state index is -4.52. The standard InChI is InChI=1S/C23H27ClF3N3O3/c1-15-6-9-30(10-7-15)11-8-28-19-4-3-17(13-20(19)31)29-22(32)14-33-21-5-2-16(12-18(21)24)23(25,26)27/h2-5,12-13,15,28,31H,6-11,14H2,1H3,(H,29,32). The Morgan fingerprint density at radius 1 is 1.21 bits per heavy atom. The minimum absolute atomic E-state index is 0.00762. The largest absolute Gasteiger partial charge is 0.506 e. The van der Waals surface area contributed by atoms with Crippen molar-refractivity contribution in [1.82, 2.24) is 4.90 Å². The number of phenolic OH excluding ortho intramolecular Hbond substituents is 1. The number of nitrogens with one attached hydrogen (secondary N) is 2. The molecule has 1 aliphatic rings. The Kier molecular flexibility index (Phi) is 8.31. The van der Waals surface area contributed by atoms with Crippen LogP contribution in [0.25, 0.3) is 0 Å². The number of carbonyl (C=O) groups excluding carboxylic acids is 1. The molecule has 1 saturated heterocycles. The lowest BCUT2D eigenvalue weighted by atomic mass is 9.99. The quantitative estimate of drug-likeness (QED) is 0.447. The summed E-state index contributed by atoms with van der Waals surface area (Å²) in [6, 6.07) is 7.34. The Bertz CT molecular complexity index is 964. The van der Waals surface area contributed by atoms with Gasteiger partial charge in [0.15, 0.2) is 6.61 Å². The van der Waals surface area contributed by atoms with E-state index in [0.29, 0.717) is 17.9 Å². The first-order chi connectivity index (χ1) is 15.6. The Hall–Kier alpha value is -2.65. The molecule has 1 aliphatic heterocycles. The molecule has 0 atom stereocenters. The maximum Gasteiger partial charge on any atom is 0.416 e. The molecule has 180 valence electrons. The molecule has 2 aromatic rings. The van der Waals surface area contributed by atoms with E-state index < -0.39 is 24.3 Å². The summed E-state index contributed by atoms with van der Waals surface area (Å²) < 4.78 is 43.3. The third kappa shape index (κ3) is 7.43. The molecule has 33 heavy (non-hydrogen) atoms. The molecule has 0 aliphatic carbocycles. The van der Waals surface area contributed by atoms with Crippen molar-refractivity contribution in [2.24, 2.45) is 5.92 Å². The van der Waals surface area contributed by atoms with Gasteiger partial charge in [0.05, 0.1) is 16.3 Å². The maximum atomic E-state index is 12.7. The molecule has 1 heterocycles. The molecule has 0 spiro atoms. The van der Waals surface area contributed by atoms with Crippen LogP contribution in [0.3, 0.4) is 0 Å². The fourth-order valence-corrected chi connectivity index (χ4v) is 3.76. The summed E-state index contributed by atoms with van der Waals surface area (Å²) in [5.74, 6) is 0.181. The fraction of sp³-hybridized carbons (Fsp3) is 0.435. The predicted molar refractivity (Wildman–Crippen MR) is 122 cm³/mol. The van der Waals surface area contributed by atoms with Crippen LogP contribution in [0.1, 0.15) is 25.3 Å². The van der Waals surface area contributed by atoms with Crippen LogP contribution in [-0.2, 0) is 11.0 Å². The van der Waals surface area contributed by atoms with Crippen molar-refractivity contribution in [2.45, 2.75) is 25.9 Å². The summed E-state index contributed by atoms with van der Waals surface area (Å²) in [7, 11) is 0. The number of hydrogen-bond acceptors (Lipinski definition) is 5. The average molecular weight is 486 g/mol. The molecule has 1 fully saturated rings. The summed E-state index contributed by atoms with van der Waals surface area (Å²) in [5.41, 5.74) is 0.0142. The number of phenols is 1. The lowest BCUT2D eigenvalue weighted by Crippen LogP contribution is -2.36. The Labute approximate surface area is 195 Å². The van der Waals surface area contributed by atoms with Gasteiger partial charge in [-0.1, -0.05) is 18.5 Å². The van der Waals surface area contributed by atoms with E-state index in [1.165, 1.54) is 18.9 Å². The number of piperidine rings is 1. The molecule has 6 nitrogen and oxygen atoms in total. The van der Waals surface area contributed by atoms with Crippen LogP contribution >= 0.6 is 11.6 Å². The van der Waals surface area contributed by atoms with E-state index in [1.807, 2.05) is 0 Å². The number of alkyl halides is 3. The number of benzene rings is 2. The first-order valence-electron chi connectivity index (χ1n) is 10.7. The van der Waals surface area contributed by atoms with Crippen molar-refractivity contribution in [3.63, 3.8) is 0 Å². The second-order valence-electron chi connectivity index (χ2n) is 8.16. The van der Waals surface area contributed by atoms with Crippen LogP contribution in [0.5, 0.6) is 11.5 Å². The third-order valence-corrected chi connectivity index (χ3v) is 5.81. The van der Waals surface area contributed by atoms with E-state index in [2.05, 4.69) is 22.5 Å². The minimum Gasteiger partial charge on any atom is -0.506 e. The number of halogens is 4. The summed E-state index contributed by atoms with van der Waals surface area (Å²) >= 11 is 5.82. The van der Waals surface area contributed by atoms with E-state index in [-0.39, 0.29) is 16.5 Å². The van der Waals surface area contributed by atoms with Crippen molar-refractivity contribution in [3.05, 3.63) is 47.0 Å². The molecule has 2 aromatic carbocycles. The van der Waals surface area contributed by atoms with Crippen LogP contribution in [0.15, 0.2) is 36.4 Å². The normalized spacial score (nSPS) is 15.3. The average Bonchev–Trinajstić information content (AvgIpc) is 2.75. The summed E-state index contributed by atoms with van der Waals surface area (Å²) in [6.45, 7) is 5.55. The molecule has 0 unspecified atom stereocenters. The predicted octanol–water partition coefficient (Wildman–Crippen LogP) is 5.23. The highest BCUT2D eigenvalue weighted by atomic mass is 35.5. The molecule has 0 radical (unpaired) electrons. The lowest BCUT2D eigenvalue weighted by Gasteiger charge is -2.30. The zero-order chi connectivity index (χ0) is 24.0. The van der Waals surface area contributed by atoms with Crippen molar-refractivity contribution in [3.8, 4) is 11.5 Å². The van der Waals surface area contributed by atoms with Gasteiger partial charge in [-0.15, -0.1) is 0 Å². The van der Waals surface area contributed by atoms with Gasteiger partial charge < -0.3 is 25.4 Å². The zero-order valence-electron chi connectivity index (χ0n) is 18.2. The number of aromatic hydroxyl groups is 1. The van der Waals surface area contributed by atoms with Crippen LogP contribution in [0.2, 0.25) is 5.02 Å². The number of likely N-dealkylation sites (tertiary alicyclic amines) is 1. The highest BCUT2D eigenvalue weighted by molar-refractivity contribution is 6.32. The zero-order valence-corrected chi connectivity index (χ0v) is 19.0. The van der Waals surface area contributed by atoms with Crippen molar-refractivity contribution < 1.29 is 27.8 Å². The van der Waals surface area contributed by atoms with Crippen LogP contribution in [-0.4, -0.2) is 48.7 Å². The molecule has 3 N–H and O–H groups in total. The molecule has 10 heteroatoms. The highest BCUT2D eigenvalue weighted by Crippen LogP contribution is 2.34. The Morgan fingerprint density at radius 3 is 2.58 bits per heavy atom. The number of carbonyl (C=O) groups is 1. The van der Waals surface area contributed by atoms with Gasteiger partial charge in [-0.25, -0.2) is 0 Å². The number of rotatable bonds is 8. The summed E-state index contributed by atoms with van der Waals surface area (Å²) in [4.78, 5) is 14.5. The number of nitrogens with zero attached hydrogens (tertiary/aromatic N) is 1. The summed E-state index contributed by atoms with van der Waals surface area (Å²) in [5, 5.41) is 15.8. The molecule has 0 bridgehead atoms. The van der Waals surface area contributed by atoms with E-state index in [4.69, 9.17) is 16.3 Å². The molecule has 0 aromatic heterocycles. The first kappa shape index (κ1) is 25.0. The Balaban J connectivity index is 1.46. The topological polar surface area (TPSA) is 73.8 Å². The molecule has 0 saturated carbocycles. The lowest BCUT2D eigenvalue weighted by molar-refractivity contribution is -0.137. The van der Waals surface area contributed by atoms with Crippen LogP contribution in [0.4, 0.5) is 24.5 Å². The number of amides is 1. The SMILES string of the molecule is CC1CCN(CCNc2ccc(NC(=O)COc3ccc(C(F)(F)F)cc3Cl)cc2O)CC1. The van der Waals surface area contributed by atoms with Gasteiger partial charge in [-0.3, -0.25) is 4.79 Å². The maximum absolute atomic E-state index is 12.7. The monoisotopic (exact) mass is 485 g/mol. The van der Waals surface area contributed by atoms with Gasteiger partial charge in [0.1, 0.15) is 11.5 Å². The second-order valence-corrected chi connectivity index (χ2v) is 8.57. The highest BCUT2D eigenvalue weighted by Gasteiger charge is 2.31. The number of ether oxygens (including phenoxy) is 1. The number of anilines is 2. The first-order valence-corrected chi connectivity index (χ1v) is 11.1. The fourth-order valence-electron chi connectivity index (χ4n) is 3.53. The van der Waals surface area contributed by atoms with Gasteiger partial charge in [0.25, 0.3) is 5.91 Å². The van der Waals surface area contributed by atoms with Gasteiger partial charge in [0, 0.05) is 24.8 Å². The van der Waals surface area contributed by atoms with Crippen molar-refractivity contribution >= 4 is 28.9 Å². The molecule has 3 rings (SSSR count). The Morgan fingerprint density at radius 2 is 1.94 bits per heavy atom. The van der Waals surface area contributed by atoms with Gasteiger partial charge in [0.2, 0.25) is 0 Å². The molecule has 1 amide bonds. The van der Waals surface area contributed by atoms with Crippen molar-refractivity contribution in [1.29, 1.82) is 0 Å². The van der Waals surface area contributed by atoms with E-state index >= 15 is 0 Å². The van der Waals surface area contributed by atoms with E-state index in [1.54, 1.807) is 12.1 Å². The van der Waals surface area contributed by atoms with Crippen LogP contribution < -0.4 is 15.4 Å². The van der Waals surface area contributed by atoms with Gasteiger partial charge in [-0.2, -0.15) is 13.2 Å². The van der Waals surface area contributed by atoms with E-state index in [0.717, 1.165) is 43.8 Å². The molecular formula is C23H27ClF3N3O3. The smallest absolute Gasteiger partial charge is 0.416 e. The molecular weight excluding hydrogens is 459 g/mol. The second kappa shape index (κ2) is 11.0. The van der Waals surface area contributed by atoms with E-state index in [9.17, 15) is 23.1 Å². The van der Waals surface area contributed by atoms with Crippen molar-refractivity contribution in [2.75, 3.05) is 43.4 Å². The third-order valence-electron chi connectivity index (χ3n) is 5.52. The summed E-state index contributed by atoms with van der Waals surface area (Å²) in [6.07, 6.45) is -2.11. The van der Waals surface area contributed by atoms with Crippen LogP contribution in [0, 0.1) is 5.92 Å². The van der Waals surface area contributed by atoms with Gasteiger partial charge in [-0.05, 0) is 62.2 Å².